The summed E-state index contributed by atoms with van der Waals surface area (Å²) in [5.41, 5.74) is 16.2. The number of oxazole rings is 1. The molecule has 2 aliphatic rings. The predicted octanol–water partition coefficient (Wildman–Crippen LogP) is 12.7. The first kappa shape index (κ1) is 29.0. The quantitative estimate of drug-likeness (QED) is 0.191. The lowest BCUT2D eigenvalue weighted by Gasteiger charge is -2.29. The van der Waals surface area contributed by atoms with Crippen LogP contribution in [0.5, 0.6) is 0 Å². The highest BCUT2D eigenvalue weighted by Gasteiger charge is 2.38. The largest absolute Gasteiger partial charge is 0.435 e. The molecule has 0 atom stereocenters. The topological polar surface area (TPSA) is 29.3 Å². The van der Waals surface area contributed by atoms with E-state index >= 15 is 0 Å². The van der Waals surface area contributed by atoms with Crippen molar-refractivity contribution < 1.29 is 4.42 Å². The van der Waals surface area contributed by atoms with Crippen LogP contribution in [0.15, 0.2) is 150 Å². The fourth-order valence-electron chi connectivity index (χ4n) is 8.70. The highest BCUT2D eigenvalue weighted by atomic mass is 16.3. The van der Waals surface area contributed by atoms with Gasteiger partial charge in [0.1, 0.15) is 5.52 Å². The number of benzene rings is 7. The van der Waals surface area contributed by atoms with Crippen LogP contribution in [0.3, 0.4) is 0 Å². The summed E-state index contributed by atoms with van der Waals surface area (Å²) in [7, 11) is 0. The van der Waals surface area contributed by atoms with Crippen LogP contribution in [0.1, 0.15) is 49.9 Å². The van der Waals surface area contributed by atoms with Crippen LogP contribution < -0.4 is 4.90 Å². The molecule has 50 heavy (non-hydrogen) atoms. The summed E-state index contributed by atoms with van der Waals surface area (Å²) in [5, 5.41) is 2.16. The molecule has 0 fully saturated rings. The summed E-state index contributed by atoms with van der Waals surface area (Å²) in [4.78, 5) is 7.66. The standard InChI is InChI=1S/C47H36N2O/c1-46(2)39-21-13-11-19-35(39)37-27-31(23-25-40(37)46)49(32-22-24-36-34-18-10-12-20-38(34)47(3,4)41(36)28-32)42-26-30-16-8-9-17-33(30)44-43(42)48-45(50-44)29-14-6-5-7-15-29/h5-28H,1-4H3. The molecule has 1 aromatic heterocycles. The summed E-state index contributed by atoms with van der Waals surface area (Å²) in [6.07, 6.45) is 0. The Morgan fingerprint density at radius 2 is 1.08 bits per heavy atom. The van der Waals surface area contributed by atoms with E-state index in [2.05, 4.69) is 160 Å². The van der Waals surface area contributed by atoms with Crippen molar-refractivity contribution in [3.63, 3.8) is 0 Å². The number of nitrogens with zero attached hydrogens (tertiary/aromatic N) is 2. The van der Waals surface area contributed by atoms with Gasteiger partial charge in [0.15, 0.2) is 5.58 Å². The fourth-order valence-corrected chi connectivity index (χ4v) is 8.70. The van der Waals surface area contributed by atoms with E-state index in [1.807, 2.05) is 18.2 Å². The van der Waals surface area contributed by atoms with E-state index in [0.717, 1.165) is 44.5 Å². The van der Waals surface area contributed by atoms with Crippen LogP contribution >= 0.6 is 0 Å². The van der Waals surface area contributed by atoms with E-state index in [1.54, 1.807) is 0 Å². The van der Waals surface area contributed by atoms with Gasteiger partial charge in [-0.3, -0.25) is 0 Å². The number of anilines is 3. The fraction of sp³-hybridized carbons (Fsp3) is 0.128. The van der Waals surface area contributed by atoms with Crippen molar-refractivity contribution >= 4 is 38.9 Å². The second-order valence-electron chi connectivity index (χ2n) is 14.8. The van der Waals surface area contributed by atoms with Crippen LogP contribution in [0.25, 0.3) is 55.6 Å². The van der Waals surface area contributed by atoms with Crippen molar-refractivity contribution in [1.29, 1.82) is 0 Å². The van der Waals surface area contributed by atoms with Crippen LogP contribution in [0, 0.1) is 0 Å². The highest BCUT2D eigenvalue weighted by Crippen LogP contribution is 2.54. The number of aromatic nitrogens is 1. The Hall–Kier alpha value is -5.93. The van der Waals surface area contributed by atoms with E-state index in [9.17, 15) is 0 Å². The van der Waals surface area contributed by atoms with Crippen LogP contribution in [0.2, 0.25) is 0 Å². The van der Waals surface area contributed by atoms with Crippen molar-refractivity contribution in [3.05, 3.63) is 168 Å². The molecule has 0 amide bonds. The van der Waals surface area contributed by atoms with Crippen molar-refractivity contribution in [3.8, 4) is 33.7 Å². The second kappa shape index (κ2) is 10.3. The molecule has 8 aromatic rings. The van der Waals surface area contributed by atoms with Gasteiger partial charge in [0.25, 0.3) is 0 Å². The van der Waals surface area contributed by atoms with Crippen molar-refractivity contribution in [2.24, 2.45) is 0 Å². The zero-order valence-corrected chi connectivity index (χ0v) is 28.7. The van der Waals surface area contributed by atoms with Gasteiger partial charge in [-0.2, -0.15) is 0 Å². The van der Waals surface area contributed by atoms with Crippen molar-refractivity contribution in [1.82, 2.24) is 4.98 Å². The number of rotatable bonds is 4. The molecule has 0 saturated carbocycles. The summed E-state index contributed by atoms with van der Waals surface area (Å²) in [6, 6.07) is 52.7. The van der Waals surface area contributed by atoms with Crippen LogP contribution in [0.4, 0.5) is 17.1 Å². The van der Waals surface area contributed by atoms with Gasteiger partial charge >= 0.3 is 0 Å². The van der Waals surface area contributed by atoms with Gasteiger partial charge in [0.2, 0.25) is 5.89 Å². The third kappa shape index (κ3) is 4.01. The van der Waals surface area contributed by atoms with Gasteiger partial charge in [0.05, 0.1) is 5.69 Å². The molecule has 7 aromatic carbocycles. The molecule has 0 spiro atoms. The smallest absolute Gasteiger partial charge is 0.227 e. The summed E-state index contributed by atoms with van der Waals surface area (Å²) in [5.74, 6) is 0.619. The van der Waals surface area contributed by atoms with Gasteiger partial charge in [0, 0.05) is 33.2 Å². The molecule has 0 aliphatic heterocycles. The molecule has 0 N–H and O–H groups in total. The molecule has 2 aliphatic carbocycles. The normalized spacial score (nSPS) is 14.7. The number of fused-ring (bicyclic) bond motifs is 9. The minimum absolute atomic E-state index is 0.0778. The second-order valence-corrected chi connectivity index (χ2v) is 14.8. The molecule has 0 unspecified atom stereocenters. The monoisotopic (exact) mass is 644 g/mol. The predicted molar refractivity (Wildman–Crippen MR) is 207 cm³/mol. The summed E-state index contributed by atoms with van der Waals surface area (Å²) < 4.78 is 6.69. The third-order valence-corrected chi connectivity index (χ3v) is 11.3. The van der Waals surface area contributed by atoms with E-state index in [1.165, 1.54) is 44.5 Å². The average Bonchev–Trinajstić information content (AvgIpc) is 3.77. The van der Waals surface area contributed by atoms with Gasteiger partial charge in [-0.1, -0.05) is 131 Å². The molecule has 240 valence electrons. The molecule has 10 rings (SSSR count). The minimum atomic E-state index is -0.137. The zero-order valence-electron chi connectivity index (χ0n) is 28.7. The molecular weight excluding hydrogens is 609 g/mol. The van der Waals surface area contributed by atoms with Crippen LogP contribution in [-0.2, 0) is 10.8 Å². The van der Waals surface area contributed by atoms with E-state index in [0.29, 0.717) is 5.89 Å². The third-order valence-electron chi connectivity index (χ3n) is 11.3. The van der Waals surface area contributed by atoms with Gasteiger partial charge in [-0.25, -0.2) is 4.98 Å². The lowest BCUT2D eigenvalue weighted by molar-refractivity contribution is 0.623. The van der Waals surface area contributed by atoms with Gasteiger partial charge in [-0.05, 0) is 92.4 Å². The lowest BCUT2D eigenvalue weighted by Crippen LogP contribution is -2.17. The maximum absolute atomic E-state index is 6.69. The maximum atomic E-state index is 6.69. The van der Waals surface area contributed by atoms with Crippen LogP contribution in [-0.4, -0.2) is 4.98 Å². The highest BCUT2D eigenvalue weighted by molar-refractivity contribution is 6.11. The molecule has 1 heterocycles. The molecule has 0 radical (unpaired) electrons. The van der Waals surface area contributed by atoms with Gasteiger partial charge < -0.3 is 9.32 Å². The number of hydrogen-bond acceptors (Lipinski definition) is 3. The molecule has 3 heteroatoms. The molecular formula is C47H36N2O. The first-order valence-corrected chi connectivity index (χ1v) is 17.5. The van der Waals surface area contributed by atoms with Crippen molar-refractivity contribution in [2.45, 2.75) is 38.5 Å². The first-order valence-electron chi connectivity index (χ1n) is 17.5. The first-order chi connectivity index (χ1) is 24.3. The Labute approximate surface area is 292 Å². The van der Waals surface area contributed by atoms with E-state index < -0.39 is 0 Å². The zero-order chi connectivity index (χ0) is 33.8. The SMILES string of the molecule is CC1(C)c2ccccc2-c2cc(N(c3ccc4c(c3)C(C)(C)c3ccccc3-4)c3cc4ccccc4c4oc(-c5ccccc5)nc34)ccc21. The van der Waals surface area contributed by atoms with E-state index in [-0.39, 0.29) is 10.8 Å². The Bertz CT molecular complexity index is 2660. The summed E-state index contributed by atoms with van der Waals surface area (Å²) in [6.45, 7) is 9.36. The Morgan fingerprint density at radius 3 is 1.86 bits per heavy atom. The summed E-state index contributed by atoms with van der Waals surface area (Å²) >= 11 is 0. The van der Waals surface area contributed by atoms with Gasteiger partial charge in [-0.15, -0.1) is 0 Å². The Morgan fingerprint density at radius 1 is 0.500 bits per heavy atom. The lowest BCUT2D eigenvalue weighted by atomic mass is 9.82. The Balaban J connectivity index is 1.27. The molecule has 0 bridgehead atoms. The van der Waals surface area contributed by atoms with E-state index in [4.69, 9.17) is 9.40 Å². The maximum Gasteiger partial charge on any atom is 0.227 e. The minimum Gasteiger partial charge on any atom is -0.435 e. The Kier molecular flexibility index (Phi) is 5.97. The van der Waals surface area contributed by atoms with Crippen molar-refractivity contribution in [2.75, 3.05) is 4.90 Å². The molecule has 0 saturated heterocycles. The molecule has 3 nitrogen and oxygen atoms in total. The average molecular weight is 645 g/mol. The number of hydrogen-bond donors (Lipinski definition) is 0.